The molecule has 0 saturated carbocycles. The molecule has 0 fully saturated rings. The lowest BCUT2D eigenvalue weighted by Crippen LogP contribution is -2.19. The van der Waals surface area contributed by atoms with E-state index in [1.165, 1.54) is 13.8 Å². The third-order valence-corrected chi connectivity index (χ3v) is 4.94. The fourth-order valence-corrected chi connectivity index (χ4v) is 3.22. The minimum atomic E-state index is -0.565. The van der Waals surface area contributed by atoms with E-state index in [4.69, 9.17) is 5.11 Å². The normalized spacial score (nSPS) is 11.2. The van der Waals surface area contributed by atoms with E-state index in [0.29, 0.717) is 5.56 Å². The number of aliphatic hydroxyl groups excluding tert-OH is 1. The Balaban J connectivity index is 1.99. The van der Waals surface area contributed by atoms with Crippen molar-refractivity contribution in [1.82, 2.24) is 0 Å². The van der Waals surface area contributed by atoms with Gasteiger partial charge < -0.3 is 14.8 Å². The summed E-state index contributed by atoms with van der Waals surface area (Å²) in [6, 6.07) is 15.4. The Morgan fingerprint density at radius 2 is 1.61 bits per heavy atom. The second-order valence-corrected chi connectivity index (χ2v) is 7.35. The van der Waals surface area contributed by atoms with Crippen LogP contribution in [0.5, 0.6) is 0 Å². The van der Waals surface area contributed by atoms with Crippen molar-refractivity contribution in [2.24, 2.45) is 5.16 Å². The molecule has 0 atom stereocenters. The number of rotatable bonds is 9. The van der Waals surface area contributed by atoms with Gasteiger partial charge in [0, 0.05) is 48.2 Å². The molecule has 1 N–H and O–H groups in total. The minimum absolute atomic E-state index is 0.122. The molecule has 0 spiro atoms. The van der Waals surface area contributed by atoms with Crippen LogP contribution in [0.15, 0.2) is 63.5 Å². The van der Waals surface area contributed by atoms with Crippen molar-refractivity contribution in [3.63, 3.8) is 0 Å². The van der Waals surface area contributed by atoms with Gasteiger partial charge in [0.25, 0.3) is 0 Å². The molecule has 7 heteroatoms. The molecular formula is C21H24N2O4S. The lowest BCUT2D eigenvalue weighted by molar-refractivity contribution is -0.140. The average molecular weight is 401 g/mol. The molecule has 2 aromatic carbocycles. The number of anilines is 1. The van der Waals surface area contributed by atoms with Crippen molar-refractivity contribution in [2.45, 2.75) is 30.1 Å². The first-order chi connectivity index (χ1) is 13.4. The predicted octanol–water partition coefficient (Wildman–Crippen LogP) is 3.78. The second-order valence-electron chi connectivity index (χ2n) is 6.21. The summed E-state index contributed by atoms with van der Waals surface area (Å²) in [6.07, 6.45) is 0.739. The van der Waals surface area contributed by atoms with E-state index in [1.807, 2.05) is 43.4 Å². The van der Waals surface area contributed by atoms with Crippen LogP contribution in [-0.4, -0.2) is 42.8 Å². The molecule has 148 valence electrons. The zero-order valence-corrected chi connectivity index (χ0v) is 17.0. The van der Waals surface area contributed by atoms with Crippen molar-refractivity contribution in [3.8, 4) is 0 Å². The average Bonchev–Trinajstić information content (AvgIpc) is 2.70. The molecule has 0 unspecified atom stereocenters. The van der Waals surface area contributed by atoms with Crippen molar-refractivity contribution in [3.05, 3.63) is 54.1 Å². The highest BCUT2D eigenvalue weighted by Gasteiger charge is 2.11. The zero-order valence-electron chi connectivity index (χ0n) is 16.2. The zero-order chi connectivity index (χ0) is 20.5. The summed E-state index contributed by atoms with van der Waals surface area (Å²) in [5, 5.41) is 12.5. The highest BCUT2D eigenvalue weighted by atomic mass is 32.2. The molecule has 0 heterocycles. The molecule has 0 bridgehead atoms. The predicted molar refractivity (Wildman–Crippen MR) is 111 cm³/mol. The van der Waals surface area contributed by atoms with Crippen LogP contribution in [0.3, 0.4) is 0 Å². The number of carbonyl (C=O) groups is 2. The molecule has 0 radical (unpaired) electrons. The van der Waals surface area contributed by atoms with Gasteiger partial charge in [0.2, 0.25) is 5.78 Å². The summed E-state index contributed by atoms with van der Waals surface area (Å²) in [4.78, 5) is 31.7. The van der Waals surface area contributed by atoms with E-state index in [1.54, 1.807) is 23.9 Å². The van der Waals surface area contributed by atoms with Gasteiger partial charge in [-0.05, 0) is 61.9 Å². The second kappa shape index (κ2) is 10.6. The number of hydrogen-bond donors (Lipinski definition) is 1. The van der Waals surface area contributed by atoms with Gasteiger partial charge in [-0.15, -0.1) is 0 Å². The molecular weight excluding hydrogens is 376 g/mol. The quantitative estimate of drug-likeness (QED) is 0.299. The highest BCUT2D eigenvalue weighted by Crippen LogP contribution is 2.29. The SMILES string of the molecule is CC(=O)ON=C(C)C(=O)c1ccc(Sc2ccc(N(C)CCCO)cc2)cc1. The first-order valence-electron chi connectivity index (χ1n) is 8.87. The molecule has 0 amide bonds. The van der Waals surface area contributed by atoms with Crippen LogP contribution < -0.4 is 4.90 Å². The van der Waals surface area contributed by atoms with E-state index < -0.39 is 5.97 Å². The van der Waals surface area contributed by atoms with Gasteiger partial charge in [0.05, 0.1) is 0 Å². The van der Waals surface area contributed by atoms with Crippen LogP contribution in [-0.2, 0) is 9.63 Å². The number of Topliss-reactive ketones (excluding diaryl/α,β-unsaturated/α-hetero) is 1. The van der Waals surface area contributed by atoms with Crippen molar-refractivity contribution >= 4 is 34.9 Å². The molecule has 28 heavy (non-hydrogen) atoms. The lowest BCUT2D eigenvalue weighted by atomic mass is 10.1. The van der Waals surface area contributed by atoms with Gasteiger partial charge in [-0.2, -0.15) is 0 Å². The van der Waals surface area contributed by atoms with Crippen molar-refractivity contribution in [2.75, 3.05) is 25.1 Å². The van der Waals surface area contributed by atoms with E-state index in [0.717, 1.165) is 28.4 Å². The van der Waals surface area contributed by atoms with E-state index >= 15 is 0 Å². The number of nitrogens with zero attached hydrogens (tertiary/aromatic N) is 2. The largest absolute Gasteiger partial charge is 0.396 e. The molecule has 6 nitrogen and oxygen atoms in total. The lowest BCUT2D eigenvalue weighted by Gasteiger charge is -2.18. The van der Waals surface area contributed by atoms with E-state index in [9.17, 15) is 9.59 Å². The van der Waals surface area contributed by atoms with Crippen molar-refractivity contribution in [1.29, 1.82) is 0 Å². The highest BCUT2D eigenvalue weighted by molar-refractivity contribution is 7.99. The van der Waals surface area contributed by atoms with Crippen LogP contribution >= 0.6 is 11.8 Å². The van der Waals surface area contributed by atoms with Crippen LogP contribution in [0, 0.1) is 0 Å². The van der Waals surface area contributed by atoms with Gasteiger partial charge in [-0.25, -0.2) is 4.79 Å². The summed E-state index contributed by atoms with van der Waals surface area (Å²) in [5.41, 5.74) is 1.71. The van der Waals surface area contributed by atoms with Crippen LogP contribution in [0.4, 0.5) is 5.69 Å². The first-order valence-corrected chi connectivity index (χ1v) is 9.69. The summed E-state index contributed by atoms with van der Waals surface area (Å²) in [5.74, 6) is -0.849. The van der Waals surface area contributed by atoms with Gasteiger partial charge >= 0.3 is 5.97 Å². The van der Waals surface area contributed by atoms with Crippen molar-refractivity contribution < 1.29 is 19.5 Å². The van der Waals surface area contributed by atoms with Gasteiger partial charge in [-0.3, -0.25) is 4.79 Å². The Hall–Kier alpha value is -2.64. The molecule has 0 aliphatic carbocycles. The molecule has 2 aromatic rings. The summed E-state index contributed by atoms with van der Waals surface area (Å²) < 4.78 is 0. The topological polar surface area (TPSA) is 79.2 Å². The number of ketones is 1. The minimum Gasteiger partial charge on any atom is -0.396 e. The number of hydrogen-bond acceptors (Lipinski definition) is 7. The summed E-state index contributed by atoms with van der Waals surface area (Å²) >= 11 is 1.60. The monoisotopic (exact) mass is 400 g/mol. The third kappa shape index (κ3) is 6.51. The van der Waals surface area contributed by atoms with Crippen LogP contribution in [0.2, 0.25) is 0 Å². The Labute approximate surface area is 169 Å². The van der Waals surface area contributed by atoms with Gasteiger partial charge in [0.1, 0.15) is 5.71 Å². The maximum atomic E-state index is 12.3. The van der Waals surface area contributed by atoms with Crippen LogP contribution in [0.1, 0.15) is 30.6 Å². The fraction of sp³-hybridized carbons (Fsp3) is 0.286. The Morgan fingerprint density at radius 1 is 1.04 bits per heavy atom. The maximum Gasteiger partial charge on any atom is 0.331 e. The Kier molecular flexibility index (Phi) is 8.22. The van der Waals surface area contributed by atoms with Crippen LogP contribution in [0.25, 0.3) is 0 Å². The number of benzene rings is 2. The summed E-state index contributed by atoms with van der Waals surface area (Å²) in [6.45, 7) is 3.73. The Morgan fingerprint density at radius 3 is 2.14 bits per heavy atom. The molecule has 0 saturated heterocycles. The third-order valence-electron chi connectivity index (χ3n) is 3.92. The van der Waals surface area contributed by atoms with Gasteiger partial charge in [0.15, 0.2) is 0 Å². The Bertz CT molecular complexity index is 832. The number of aliphatic hydroxyl groups is 1. The molecule has 0 aromatic heterocycles. The smallest absolute Gasteiger partial charge is 0.331 e. The number of carbonyl (C=O) groups excluding carboxylic acids is 2. The first kappa shape index (κ1) is 21.7. The van der Waals surface area contributed by atoms with E-state index in [2.05, 4.69) is 14.9 Å². The fourth-order valence-electron chi connectivity index (χ4n) is 2.40. The molecule has 2 rings (SSSR count). The molecule has 0 aliphatic rings. The van der Waals surface area contributed by atoms with E-state index in [-0.39, 0.29) is 18.1 Å². The van der Waals surface area contributed by atoms with Gasteiger partial charge in [-0.1, -0.05) is 16.9 Å². The molecule has 0 aliphatic heterocycles. The maximum absolute atomic E-state index is 12.3. The summed E-state index contributed by atoms with van der Waals surface area (Å²) in [7, 11) is 2.00. The standard InChI is InChI=1S/C21H24N2O4S/c1-15(22-27-16(2)25)21(26)17-5-9-19(10-6-17)28-20-11-7-18(8-12-20)23(3)13-4-14-24/h5-12,24H,4,13-14H2,1-3H3. The number of oxime groups is 1.